The molecular formula is C19H28N2. The monoisotopic (exact) mass is 284 g/mol. The fourth-order valence-corrected chi connectivity index (χ4v) is 2.53. The van der Waals surface area contributed by atoms with E-state index in [1.54, 1.807) is 0 Å². The molecule has 2 nitrogen and oxygen atoms in total. The van der Waals surface area contributed by atoms with Gasteiger partial charge in [0, 0.05) is 32.2 Å². The number of hydrogen-bond donors (Lipinski definition) is 1. The first-order chi connectivity index (χ1) is 10.2. The Hall–Kier alpha value is -1.38. The fourth-order valence-electron chi connectivity index (χ4n) is 2.53. The summed E-state index contributed by atoms with van der Waals surface area (Å²) in [5.41, 5.74) is 2.77. The summed E-state index contributed by atoms with van der Waals surface area (Å²) in [6.07, 6.45) is 6.61. The van der Waals surface area contributed by atoms with Crippen molar-refractivity contribution in [3.63, 3.8) is 0 Å². The summed E-state index contributed by atoms with van der Waals surface area (Å²) >= 11 is 0. The minimum Gasteiger partial charge on any atom is -0.313 e. The van der Waals surface area contributed by atoms with Gasteiger partial charge in [-0.2, -0.15) is 0 Å². The van der Waals surface area contributed by atoms with E-state index in [1.807, 2.05) is 12.2 Å². The summed E-state index contributed by atoms with van der Waals surface area (Å²) in [6, 6.07) is 9.84. The summed E-state index contributed by atoms with van der Waals surface area (Å²) in [5.74, 6) is 0.581. The first-order valence-corrected chi connectivity index (χ1v) is 7.99. The van der Waals surface area contributed by atoms with Crippen LogP contribution in [0.5, 0.6) is 0 Å². The van der Waals surface area contributed by atoms with Gasteiger partial charge in [0.05, 0.1) is 0 Å². The van der Waals surface area contributed by atoms with Crippen LogP contribution in [0.15, 0.2) is 49.6 Å². The average molecular weight is 284 g/mol. The number of hydrogen-bond acceptors (Lipinski definition) is 2. The standard InChI is InChI=1S/C19H28N2/c1-4-12-21(13-5-2)15-17-6-8-18(9-7-17)16(3)14-20-19-10-11-19/h4-9,16,19-20H,1-2,10-15H2,3H3. The summed E-state index contributed by atoms with van der Waals surface area (Å²) < 4.78 is 0. The zero-order valence-corrected chi connectivity index (χ0v) is 13.2. The molecule has 1 unspecified atom stereocenters. The Balaban J connectivity index is 1.87. The Kier molecular flexibility index (Phi) is 6.21. The maximum absolute atomic E-state index is 3.82. The van der Waals surface area contributed by atoms with Crippen molar-refractivity contribution in [1.82, 2.24) is 10.2 Å². The van der Waals surface area contributed by atoms with E-state index in [1.165, 1.54) is 24.0 Å². The molecule has 1 fully saturated rings. The summed E-state index contributed by atoms with van der Waals surface area (Å²) in [5, 5.41) is 3.60. The molecule has 0 aromatic heterocycles. The molecule has 21 heavy (non-hydrogen) atoms. The molecule has 0 aliphatic heterocycles. The van der Waals surface area contributed by atoms with Gasteiger partial charge in [0.1, 0.15) is 0 Å². The van der Waals surface area contributed by atoms with Gasteiger partial charge in [-0.25, -0.2) is 0 Å². The number of nitrogens with one attached hydrogen (secondary N) is 1. The normalized spacial score (nSPS) is 15.9. The lowest BCUT2D eigenvalue weighted by Gasteiger charge is -2.19. The van der Waals surface area contributed by atoms with Gasteiger partial charge in [-0.1, -0.05) is 43.3 Å². The van der Waals surface area contributed by atoms with E-state index in [-0.39, 0.29) is 0 Å². The molecule has 1 N–H and O–H groups in total. The van der Waals surface area contributed by atoms with Crippen LogP contribution < -0.4 is 5.32 Å². The van der Waals surface area contributed by atoms with Gasteiger partial charge in [-0.15, -0.1) is 13.2 Å². The van der Waals surface area contributed by atoms with Crippen LogP contribution in [0.4, 0.5) is 0 Å². The van der Waals surface area contributed by atoms with E-state index in [9.17, 15) is 0 Å². The molecular weight excluding hydrogens is 256 g/mol. The lowest BCUT2D eigenvalue weighted by atomic mass is 9.99. The zero-order chi connectivity index (χ0) is 15.1. The Morgan fingerprint density at radius 3 is 2.33 bits per heavy atom. The van der Waals surface area contributed by atoms with E-state index >= 15 is 0 Å². The molecule has 0 spiro atoms. The molecule has 1 aromatic rings. The van der Waals surface area contributed by atoms with Gasteiger partial charge in [0.25, 0.3) is 0 Å². The van der Waals surface area contributed by atoms with Crippen molar-refractivity contribution in [3.8, 4) is 0 Å². The van der Waals surface area contributed by atoms with Crippen molar-refractivity contribution >= 4 is 0 Å². The molecule has 1 aromatic carbocycles. The first kappa shape index (κ1) is 16.0. The lowest BCUT2D eigenvalue weighted by molar-refractivity contribution is 0.328. The van der Waals surface area contributed by atoms with Crippen molar-refractivity contribution in [2.45, 2.75) is 38.3 Å². The fraction of sp³-hybridized carbons (Fsp3) is 0.474. The molecule has 2 rings (SSSR count). The van der Waals surface area contributed by atoms with E-state index < -0.39 is 0 Å². The average Bonchev–Trinajstić information content (AvgIpc) is 3.30. The Bertz CT molecular complexity index is 435. The van der Waals surface area contributed by atoms with Crippen LogP contribution >= 0.6 is 0 Å². The van der Waals surface area contributed by atoms with Gasteiger partial charge in [0.2, 0.25) is 0 Å². The van der Waals surface area contributed by atoms with E-state index in [0.29, 0.717) is 5.92 Å². The van der Waals surface area contributed by atoms with Crippen LogP contribution in [0.3, 0.4) is 0 Å². The highest BCUT2D eigenvalue weighted by molar-refractivity contribution is 5.25. The van der Waals surface area contributed by atoms with Gasteiger partial charge in [0.15, 0.2) is 0 Å². The Morgan fingerprint density at radius 1 is 1.19 bits per heavy atom. The van der Waals surface area contributed by atoms with Crippen LogP contribution in [0.2, 0.25) is 0 Å². The van der Waals surface area contributed by atoms with E-state index in [2.05, 4.69) is 54.6 Å². The highest BCUT2D eigenvalue weighted by Crippen LogP contribution is 2.21. The van der Waals surface area contributed by atoms with Crippen molar-refractivity contribution in [2.24, 2.45) is 0 Å². The van der Waals surface area contributed by atoms with Gasteiger partial charge in [-0.3, -0.25) is 4.90 Å². The topological polar surface area (TPSA) is 15.3 Å². The second-order valence-electron chi connectivity index (χ2n) is 6.10. The van der Waals surface area contributed by atoms with Crippen LogP contribution in [0.25, 0.3) is 0 Å². The maximum Gasteiger partial charge on any atom is 0.0240 e. The van der Waals surface area contributed by atoms with Crippen LogP contribution in [-0.4, -0.2) is 30.6 Å². The van der Waals surface area contributed by atoms with Gasteiger partial charge < -0.3 is 5.32 Å². The third kappa shape index (κ3) is 5.49. The molecule has 0 radical (unpaired) electrons. The minimum atomic E-state index is 0.581. The lowest BCUT2D eigenvalue weighted by Crippen LogP contribution is -2.23. The molecule has 114 valence electrons. The van der Waals surface area contributed by atoms with Crippen LogP contribution in [-0.2, 0) is 6.54 Å². The predicted molar refractivity (Wildman–Crippen MR) is 91.6 cm³/mol. The molecule has 1 atom stereocenters. The SMILES string of the molecule is C=CCN(CC=C)Cc1ccc(C(C)CNC2CC2)cc1. The molecule has 1 aliphatic rings. The number of rotatable bonds is 10. The maximum atomic E-state index is 3.82. The number of nitrogens with zero attached hydrogens (tertiary/aromatic N) is 1. The summed E-state index contributed by atoms with van der Waals surface area (Å²) in [6.45, 7) is 13.8. The van der Waals surface area contributed by atoms with Crippen LogP contribution in [0.1, 0.15) is 36.8 Å². The minimum absolute atomic E-state index is 0.581. The van der Waals surface area contributed by atoms with Gasteiger partial charge in [-0.05, 0) is 29.9 Å². The van der Waals surface area contributed by atoms with Crippen molar-refractivity contribution in [3.05, 3.63) is 60.7 Å². The summed E-state index contributed by atoms with van der Waals surface area (Å²) in [7, 11) is 0. The van der Waals surface area contributed by atoms with Crippen LogP contribution in [0, 0.1) is 0 Å². The molecule has 1 aliphatic carbocycles. The largest absolute Gasteiger partial charge is 0.313 e. The molecule has 1 saturated carbocycles. The number of benzene rings is 1. The van der Waals surface area contributed by atoms with E-state index in [0.717, 1.165) is 32.2 Å². The molecule has 0 bridgehead atoms. The smallest absolute Gasteiger partial charge is 0.0240 e. The molecule has 0 saturated heterocycles. The predicted octanol–water partition coefficient (Wildman–Crippen LogP) is 3.72. The van der Waals surface area contributed by atoms with Gasteiger partial charge >= 0.3 is 0 Å². The highest BCUT2D eigenvalue weighted by Gasteiger charge is 2.21. The van der Waals surface area contributed by atoms with Crippen molar-refractivity contribution in [2.75, 3.05) is 19.6 Å². The third-order valence-electron chi connectivity index (χ3n) is 4.02. The molecule has 2 heteroatoms. The summed E-state index contributed by atoms with van der Waals surface area (Å²) in [4.78, 5) is 2.33. The van der Waals surface area contributed by atoms with Crippen molar-refractivity contribution < 1.29 is 0 Å². The Labute approximate surface area is 129 Å². The third-order valence-corrected chi connectivity index (χ3v) is 4.02. The van der Waals surface area contributed by atoms with E-state index in [4.69, 9.17) is 0 Å². The second kappa shape index (κ2) is 8.16. The Morgan fingerprint density at radius 2 is 1.81 bits per heavy atom. The zero-order valence-electron chi connectivity index (χ0n) is 13.2. The first-order valence-electron chi connectivity index (χ1n) is 7.99. The molecule has 0 amide bonds. The highest BCUT2D eigenvalue weighted by atomic mass is 15.1. The molecule has 0 heterocycles. The quantitative estimate of drug-likeness (QED) is 0.659. The second-order valence-corrected chi connectivity index (χ2v) is 6.10. The van der Waals surface area contributed by atoms with Crippen molar-refractivity contribution in [1.29, 1.82) is 0 Å².